The van der Waals surface area contributed by atoms with Crippen LogP contribution in [-0.4, -0.2) is 90.9 Å². The van der Waals surface area contributed by atoms with Gasteiger partial charge in [-0.15, -0.1) is 11.3 Å². The number of unbranched alkanes of at least 4 members (excludes halogenated alkanes) is 1. The number of carbonyl (C=O) groups is 3. The number of hydrogen-bond donors (Lipinski definition) is 6. The highest BCUT2D eigenvalue weighted by Gasteiger charge is 2.14. The molecule has 1 atom stereocenters. The van der Waals surface area contributed by atoms with Gasteiger partial charge in [-0.25, -0.2) is 4.98 Å². The molecule has 4 aromatic heterocycles. The quantitative estimate of drug-likeness (QED) is 0.0294. The highest BCUT2D eigenvalue weighted by atomic mass is 32.1. The first-order chi connectivity index (χ1) is 32.2. The van der Waals surface area contributed by atoms with Crippen LogP contribution in [0.25, 0.3) is 43.3 Å². The Balaban J connectivity index is 0.775. The van der Waals surface area contributed by atoms with Gasteiger partial charge >= 0.3 is 0 Å². The summed E-state index contributed by atoms with van der Waals surface area (Å²) in [7, 11) is 1.96. The average molecular weight is 908 g/mol. The maximum atomic E-state index is 12.9. The third kappa shape index (κ3) is 12.6. The van der Waals surface area contributed by atoms with Crippen molar-refractivity contribution in [2.75, 3.05) is 58.3 Å². The second kappa shape index (κ2) is 23.6. The van der Waals surface area contributed by atoms with Gasteiger partial charge in [0.1, 0.15) is 12.2 Å². The molecule has 0 spiro atoms. The molecule has 0 bridgehead atoms. The molecule has 0 aliphatic rings. The summed E-state index contributed by atoms with van der Waals surface area (Å²) < 4.78 is 9.72. The smallest absolute Gasteiger partial charge is 0.296 e. The molecule has 0 radical (unpaired) electrons. The van der Waals surface area contributed by atoms with Gasteiger partial charge in [0, 0.05) is 112 Å². The summed E-state index contributed by atoms with van der Waals surface area (Å²) in [5.41, 5.74) is 8.89. The van der Waals surface area contributed by atoms with Gasteiger partial charge in [0.15, 0.2) is 0 Å². The van der Waals surface area contributed by atoms with Crippen molar-refractivity contribution in [2.24, 2.45) is 0 Å². The molecule has 66 heavy (non-hydrogen) atoms. The third-order valence-corrected chi connectivity index (χ3v) is 12.4. The lowest BCUT2D eigenvalue weighted by atomic mass is 10.1. The number of aromatic nitrogens is 3. The summed E-state index contributed by atoms with van der Waals surface area (Å²) in [6, 6.07) is 27.6. The number of aryl methyl sites for hydroxylation is 1. The molecule has 14 heteroatoms. The van der Waals surface area contributed by atoms with Crippen LogP contribution in [0.1, 0.15) is 60.7 Å². The number of thiophene rings is 1. The molecule has 6 N–H and O–H groups in total. The van der Waals surface area contributed by atoms with E-state index in [0.717, 1.165) is 58.8 Å². The fourth-order valence-corrected chi connectivity index (χ4v) is 8.74. The van der Waals surface area contributed by atoms with Crippen LogP contribution in [-0.2, 0) is 40.4 Å². The Morgan fingerprint density at radius 1 is 0.848 bits per heavy atom. The fourth-order valence-electron chi connectivity index (χ4n) is 7.90. The normalized spacial score (nSPS) is 11.7. The maximum Gasteiger partial charge on any atom is 0.296 e. The van der Waals surface area contributed by atoms with E-state index in [2.05, 4.69) is 135 Å². The van der Waals surface area contributed by atoms with Crippen LogP contribution >= 0.6 is 11.3 Å². The first-order valence-electron chi connectivity index (χ1n) is 22.9. The van der Waals surface area contributed by atoms with Crippen LogP contribution in [0.15, 0.2) is 96.6 Å². The third-order valence-electron chi connectivity index (χ3n) is 11.4. The number of rotatable bonds is 23. The zero-order chi connectivity index (χ0) is 46.3. The van der Waals surface area contributed by atoms with Crippen LogP contribution in [0.5, 0.6) is 0 Å². The highest BCUT2D eigenvalue weighted by Crippen LogP contribution is 2.35. The van der Waals surface area contributed by atoms with E-state index < -0.39 is 0 Å². The number of benzene rings is 3. The lowest BCUT2D eigenvalue weighted by Crippen LogP contribution is -2.33. The lowest BCUT2D eigenvalue weighted by molar-refractivity contribution is -0.121. The molecule has 7 rings (SSSR count). The van der Waals surface area contributed by atoms with Crippen molar-refractivity contribution in [2.45, 2.75) is 65.7 Å². The van der Waals surface area contributed by atoms with Crippen LogP contribution in [0.3, 0.4) is 0 Å². The molecule has 0 saturated carbocycles. The number of pyridine rings is 1. The van der Waals surface area contributed by atoms with E-state index >= 15 is 0 Å². The van der Waals surface area contributed by atoms with Crippen molar-refractivity contribution in [1.29, 1.82) is 0 Å². The zero-order valence-corrected chi connectivity index (χ0v) is 39.2. The molecule has 3 amide bonds. The van der Waals surface area contributed by atoms with Crippen molar-refractivity contribution in [3.63, 3.8) is 0 Å². The summed E-state index contributed by atoms with van der Waals surface area (Å²) in [5, 5.41) is 24.1. The molecule has 0 saturated heterocycles. The molecule has 0 fully saturated rings. The van der Waals surface area contributed by atoms with Gasteiger partial charge in [-0.1, -0.05) is 49.6 Å². The Morgan fingerprint density at radius 2 is 1.67 bits per heavy atom. The molecule has 4 heterocycles. The van der Waals surface area contributed by atoms with E-state index in [9.17, 15) is 14.4 Å². The minimum absolute atomic E-state index is 0.0727. The molecule has 3 aromatic carbocycles. The van der Waals surface area contributed by atoms with Gasteiger partial charge in [0.05, 0.1) is 18.8 Å². The van der Waals surface area contributed by atoms with E-state index in [1.807, 2.05) is 24.6 Å². The zero-order valence-electron chi connectivity index (χ0n) is 38.4. The molecule has 0 aliphatic carbocycles. The maximum absolute atomic E-state index is 12.9. The van der Waals surface area contributed by atoms with Crippen molar-refractivity contribution < 1.29 is 19.1 Å². The van der Waals surface area contributed by atoms with E-state index in [0.29, 0.717) is 43.3 Å². The van der Waals surface area contributed by atoms with Gasteiger partial charge < -0.3 is 45.8 Å². The van der Waals surface area contributed by atoms with Crippen LogP contribution in [0, 0.1) is 11.8 Å². The number of carbonyl (C=O) groups excluding carboxylic acids is 3. The van der Waals surface area contributed by atoms with Crippen molar-refractivity contribution in [3.8, 4) is 22.3 Å². The van der Waals surface area contributed by atoms with Gasteiger partial charge in [-0.3, -0.25) is 14.4 Å². The van der Waals surface area contributed by atoms with Crippen LogP contribution < -0.4 is 31.9 Å². The number of hydrogen-bond acceptors (Lipinski definition) is 9. The van der Waals surface area contributed by atoms with Gasteiger partial charge in [0.2, 0.25) is 5.91 Å². The van der Waals surface area contributed by atoms with E-state index in [4.69, 9.17) is 4.74 Å². The summed E-state index contributed by atoms with van der Waals surface area (Å²) >= 11 is 1.61. The molecule has 7 aromatic rings. The first-order valence-corrected chi connectivity index (χ1v) is 23.8. The molecular weight excluding hydrogens is 847 g/mol. The topological polar surface area (TPSA) is 155 Å². The Hall–Kier alpha value is -6.50. The van der Waals surface area contributed by atoms with Gasteiger partial charge in [-0.05, 0) is 106 Å². The number of amides is 3. The fraction of sp³-hybridized carbons (Fsp3) is 0.346. The Kier molecular flexibility index (Phi) is 17.0. The number of ether oxygens (including phenoxy) is 1. The second-order valence-electron chi connectivity index (χ2n) is 16.4. The van der Waals surface area contributed by atoms with Crippen molar-refractivity contribution in [3.05, 3.63) is 119 Å². The summed E-state index contributed by atoms with van der Waals surface area (Å²) in [6.07, 6.45) is 6.41. The standard InChI is InChI=1S/C52H61N9O4S/c1-5-7-20-54-36(3)31-58-43-13-8-37(9-14-43)18-21-57-52(64)42-29-41-19-24-60(51(41)59-33-42)34-50(63)56-23-26-65-25-22-55-49(62)17-11-39-28-48(66-35-39)40-12-15-44-45-27-38(32-53-4)10-16-46(45)61(6-2)47(44)30-40/h8-10,12-16,19,24,27-30,33,35-36,53-54,58H,5-7,18,20-23,25-26,31-32,34H2,1-4H3,(H,55,62)(H,56,63)(H,57,64). The molecule has 1 unspecified atom stereocenters. The van der Waals surface area contributed by atoms with Crippen molar-refractivity contribution >= 4 is 67.6 Å². The number of nitrogens with zero attached hydrogens (tertiary/aromatic N) is 3. The van der Waals surface area contributed by atoms with E-state index in [-0.39, 0.29) is 37.5 Å². The van der Waals surface area contributed by atoms with Crippen molar-refractivity contribution in [1.82, 2.24) is 40.7 Å². The summed E-state index contributed by atoms with van der Waals surface area (Å²) in [5.74, 6) is 4.90. The van der Waals surface area contributed by atoms with Crippen LogP contribution in [0.2, 0.25) is 0 Å². The number of fused-ring (bicyclic) bond motifs is 4. The second-order valence-corrected chi connectivity index (χ2v) is 17.3. The predicted octanol–water partition coefficient (Wildman–Crippen LogP) is 7.08. The molecule has 344 valence electrons. The van der Waals surface area contributed by atoms with Gasteiger partial charge in [0.25, 0.3) is 11.8 Å². The molecular formula is C52H61N9O4S. The molecule has 0 aliphatic heterocycles. The number of nitrogens with one attached hydrogen (secondary N) is 6. The number of anilines is 1. The monoisotopic (exact) mass is 907 g/mol. The van der Waals surface area contributed by atoms with Crippen LogP contribution in [0.4, 0.5) is 5.69 Å². The van der Waals surface area contributed by atoms with E-state index in [1.165, 1.54) is 46.4 Å². The van der Waals surface area contributed by atoms with Gasteiger partial charge in [-0.2, -0.15) is 0 Å². The SMILES string of the molecule is CCCCNC(C)CNc1ccc(CCNC(=O)c2cnc3c(ccn3CC(=O)NCCOCCNC(=O)C#Cc3csc(-c4ccc5c6cc(CNC)ccc6n(CC)c5c4)c3)c2)cc1. The summed E-state index contributed by atoms with van der Waals surface area (Å²) in [6.45, 7) is 11.9. The highest BCUT2D eigenvalue weighted by molar-refractivity contribution is 7.13. The average Bonchev–Trinajstić information content (AvgIpc) is 4.05. The Bertz CT molecular complexity index is 2820. The Labute approximate surface area is 391 Å². The molecule has 13 nitrogen and oxygen atoms in total. The largest absolute Gasteiger partial charge is 0.383 e. The lowest BCUT2D eigenvalue weighted by Gasteiger charge is -2.15. The minimum Gasteiger partial charge on any atom is -0.383 e. The predicted molar refractivity (Wildman–Crippen MR) is 268 cm³/mol. The minimum atomic E-state index is -0.381. The van der Waals surface area contributed by atoms with E-state index in [1.54, 1.807) is 28.2 Å². The first kappa shape index (κ1) is 47.5. The summed E-state index contributed by atoms with van der Waals surface area (Å²) in [4.78, 5) is 43.7. The Morgan fingerprint density at radius 3 is 2.47 bits per heavy atom.